The van der Waals surface area contributed by atoms with Crippen LogP contribution in [-0.2, 0) is 6.42 Å². The van der Waals surface area contributed by atoms with Crippen molar-refractivity contribution in [3.8, 4) is 0 Å². The number of hydrogen-bond donors (Lipinski definition) is 2. The Balaban J connectivity index is 1.82. The molecule has 0 aliphatic heterocycles. The highest BCUT2D eigenvalue weighted by molar-refractivity contribution is 6.35. The van der Waals surface area contributed by atoms with Gasteiger partial charge < -0.3 is 15.5 Å². The summed E-state index contributed by atoms with van der Waals surface area (Å²) in [4.78, 5) is 18.6. The summed E-state index contributed by atoms with van der Waals surface area (Å²) >= 11 is 12.0. The van der Waals surface area contributed by atoms with Crippen molar-refractivity contribution in [1.82, 2.24) is 15.2 Å². The molecule has 0 aliphatic carbocycles. The van der Waals surface area contributed by atoms with Gasteiger partial charge in [-0.05, 0) is 57.2 Å². The van der Waals surface area contributed by atoms with Gasteiger partial charge in [0.1, 0.15) is 0 Å². The number of amides is 1. The quantitative estimate of drug-likeness (QED) is 0.636. The van der Waals surface area contributed by atoms with Crippen molar-refractivity contribution in [1.29, 1.82) is 0 Å². The second-order valence-corrected chi connectivity index (χ2v) is 7.13. The van der Waals surface area contributed by atoms with Gasteiger partial charge in [0.2, 0.25) is 0 Å². The summed E-state index contributed by atoms with van der Waals surface area (Å²) in [6, 6.07) is 7.18. The lowest BCUT2D eigenvalue weighted by atomic mass is 10.1. The first-order valence-corrected chi connectivity index (χ1v) is 9.27. The Morgan fingerprint density at radius 3 is 2.69 bits per heavy atom. The zero-order valence-electron chi connectivity index (χ0n) is 15.1. The van der Waals surface area contributed by atoms with Gasteiger partial charge in [-0.2, -0.15) is 0 Å². The molecule has 0 spiro atoms. The maximum Gasteiger partial charge on any atom is 0.252 e. The predicted octanol–water partition coefficient (Wildman–Crippen LogP) is 3.72. The predicted molar refractivity (Wildman–Crippen MR) is 108 cm³/mol. The van der Waals surface area contributed by atoms with Crippen LogP contribution in [0, 0.1) is 0 Å². The number of rotatable bonds is 9. The van der Waals surface area contributed by atoms with Crippen LogP contribution in [0.5, 0.6) is 0 Å². The van der Waals surface area contributed by atoms with E-state index in [1.165, 1.54) is 0 Å². The molecule has 0 saturated carbocycles. The van der Waals surface area contributed by atoms with Crippen molar-refractivity contribution in [2.24, 2.45) is 0 Å². The van der Waals surface area contributed by atoms with Crippen LogP contribution in [0.4, 0.5) is 5.69 Å². The van der Waals surface area contributed by atoms with E-state index in [0.717, 1.165) is 30.8 Å². The Kier molecular flexibility index (Phi) is 8.16. The summed E-state index contributed by atoms with van der Waals surface area (Å²) in [6.45, 7) is 2.33. The number of aromatic nitrogens is 1. The number of anilines is 1. The third-order valence-corrected chi connectivity index (χ3v) is 4.39. The zero-order chi connectivity index (χ0) is 18.9. The first kappa shape index (κ1) is 20.5. The minimum atomic E-state index is -0.153. The van der Waals surface area contributed by atoms with Crippen LogP contribution in [0.25, 0.3) is 0 Å². The maximum atomic E-state index is 12.3. The molecule has 5 nitrogen and oxygen atoms in total. The Morgan fingerprint density at radius 2 is 1.96 bits per heavy atom. The Bertz CT molecular complexity index is 737. The monoisotopic (exact) mass is 394 g/mol. The van der Waals surface area contributed by atoms with E-state index in [2.05, 4.69) is 20.5 Å². The number of carbonyl (C=O) groups is 1. The second kappa shape index (κ2) is 10.4. The standard InChI is InChI=1S/C19H24Cl2N4O/c1-25(2)9-3-7-23-17-10-15(12-22-13-17)19(26)24-8-6-14-4-5-16(20)11-18(14)21/h4-5,10-13,23H,3,6-9H2,1-2H3,(H,24,26). The molecule has 0 saturated heterocycles. The van der Waals surface area contributed by atoms with E-state index in [0.29, 0.717) is 28.6 Å². The van der Waals surface area contributed by atoms with Crippen LogP contribution < -0.4 is 10.6 Å². The van der Waals surface area contributed by atoms with Crippen molar-refractivity contribution in [3.63, 3.8) is 0 Å². The summed E-state index contributed by atoms with van der Waals surface area (Å²) in [5.41, 5.74) is 2.33. The molecule has 0 unspecified atom stereocenters. The fourth-order valence-corrected chi connectivity index (χ4v) is 2.93. The third kappa shape index (κ3) is 6.83. The molecule has 0 atom stereocenters. The van der Waals surface area contributed by atoms with Gasteiger partial charge in [-0.1, -0.05) is 29.3 Å². The Labute approximate surface area is 164 Å². The summed E-state index contributed by atoms with van der Waals surface area (Å²) in [6.07, 6.45) is 4.94. The highest BCUT2D eigenvalue weighted by Gasteiger charge is 2.08. The van der Waals surface area contributed by atoms with Crippen molar-refractivity contribution in [3.05, 3.63) is 57.8 Å². The summed E-state index contributed by atoms with van der Waals surface area (Å²) in [5.74, 6) is -0.153. The number of carbonyl (C=O) groups excluding carboxylic acids is 1. The fraction of sp³-hybridized carbons (Fsp3) is 0.368. The van der Waals surface area contributed by atoms with Crippen LogP contribution in [-0.4, -0.2) is 49.5 Å². The first-order chi connectivity index (χ1) is 12.5. The highest BCUT2D eigenvalue weighted by Crippen LogP contribution is 2.21. The van der Waals surface area contributed by atoms with Crippen molar-refractivity contribution >= 4 is 34.8 Å². The van der Waals surface area contributed by atoms with E-state index < -0.39 is 0 Å². The van der Waals surface area contributed by atoms with Gasteiger partial charge in [-0.3, -0.25) is 9.78 Å². The van der Waals surface area contributed by atoms with Crippen LogP contribution in [0.2, 0.25) is 10.0 Å². The Hall–Kier alpha value is -1.82. The average molecular weight is 395 g/mol. The van der Waals surface area contributed by atoms with E-state index in [1.54, 1.807) is 24.5 Å². The normalized spacial score (nSPS) is 10.8. The summed E-state index contributed by atoms with van der Waals surface area (Å²) < 4.78 is 0. The van der Waals surface area contributed by atoms with Crippen LogP contribution >= 0.6 is 23.2 Å². The number of halogens is 2. The molecule has 1 aromatic carbocycles. The van der Waals surface area contributed by atoms with E-state index in [9.17, 15) is 4.79 Å². The van der Waals surface area contributed by atoms with Gasteiger partial charge in [-0.15, -0.1) is 0 Å². The van der Waals surface area contributed by atoms with Crippen molar-refractivity contribution in [2.45, 2.75) is 12.8 Å². The fourth-order valence-electron chi connectivity index (χ4n) is 2.43. The topological polar surface area (TPSA) is 57.3 Å². The van der Waals surface area contributed by atoms with Gasteiger partial charge in [0.15, 0.2) is 0 Å². The van der Waals surface area contributed by atoms with Crippen LogP contribution in [0.3, 0.4) is 0 Å². The summed E-state index contributed by atoms with van der Waals surface area (Å²) in [7, 11) is 4.09. The largest absolute Gasteiger partial charge is 0.384 e. The van der Waals surface area contributed by atoms with E-state index >= 15 is 0 Å². The molecule has 26 heavy (non-hydrogen) atoms. The van der Waals surface area contributed by atoms with Gasteiger partial charge in [0.25, 0.3) is 5.91 Å². The molecule has 1 amide bonds. The van der Waals surface area contributed by atoms with Crippen molar-refractivity contribution in [2.75, 3.05) is 39.0 Å². The minimum absolute atomic E-state index is 0.153. The molecule has 7 heteroatoms. The molecule has 0 aliphatic rings. The number of benzene rings is 1. The molecular formula is C19H24Cl2N4O. The van der Waals surface area contributed by atoms with Gasteiger partial charge in [0, 0.05) is 35.5 Å². The molecule has 2 aromatic rings. The SMILES string of the molecule is CN(C)CCCNc1cncc(C(=O)NCCc2ccc(Cl)cc2Cl)c1. The number of pyridine rings is 1. The van der Waals surface area contributed by atoms with E-state index in [1.807, 2.05) is 26.2 Å². The molecule has 0 radical (unpaired) electrons. The minimum Gasteiger partial charge on any atom is -0.384 e. The van der Waals surface area contributed by atoms with Crippen molar-refractivity contribution < 1.29 is 4.79 Å². The maximum absolute atomic E-state index is 12.3. The van der Waals surface area contributed by atoms with Gasteiger partial charge >= 0.3 is 0 Å². The van der Waals surface area contributed by atoms with Gasteiger partial charge in [0.05, 0.1) is 11.3 Å². The van der Waals surface area contributed by atoms with Crippen LogP contribution in [0.15, 0.2) is 36.7 Å². The molecule has 2 rings (SSSR count). The number of nitrogens with one attached hydrogen (secondary N) is 2. The molecule has 0 bridgehead atoms. The zero-order valence-corrected chi connectivity index (χ0v) is 16.6. The molecule has 1 heterocycles. The van der Waals surface area contributed by atoms with Crippen LogP contribution in [0.1, 0.15) is 22.3 Å². The van der Waals surface area contributed by atoms with Gasteiger partial charge in [-0.25, -0.2) is 0 Å². The number of hydrogen-bond acceptors (Lipinski definition) is 4. The molecule has 1 aromatic heterocycles. The first-order valence-electron chi connectivity index (χ1n) is 8.51. The lowest BCUT2D eigenvalue weighted by Gasteiger charge is -2.11. The average Bonchev–Trinajstić information content (AvgIpc) is 2.60. The number of nitrogens with zero attached hydrogens (tertiary/aromatic N) is 2. The molecular weight excluding hydrogens is 371 g/mol. The highest BCUT2D eigenvalue weighted by atomic mass is 35.5. The summed E-state index contributed by atoms with van der Waals surface area (Å²) in [5, 5.41) is 7.39. The smallest absolute Gasteiger partial charge is 0.252 e. The van der Waals surface area contributed by atoms with E-state index in [-0.39, 0.29) is 5.91 Å². The van der Waals surface area contributed by atoms with E-state index in [4.69, 9.17) is 23.2 Å². The second-order valence-electron chi connectivity index (χ2n) is 6.29. The Morgan fingerprint density at radius 1 is 1.15 bits per heavy atom. The molecule has 140 valence electrons. The third-order valence-electron chi connectivity index (χ3n) is 3.81. The molecule has 2 N–H and O–H groups in total. The molecule has 0 fully saturated rings. The lowest BCUT2D eigenvalue weighted by molar-refractivity contribution is 0.0954. The lowest BCUT2D eigenvalue weighted by Crippen LogP contribution is -2.26.